The van der Waals surface area contributed by atoms with Crippen LogP contribution in [0.5, 0.6) is 5.75 Å². The second-order valence-electron chi connectivity index (χ2n) is 7.43. The predicted octanol–water partition coefficient (Wildman–Crippen LogP) is -11.2. The van der Waals surface area contributed by atoms with Crippen LogP contribution in [0.1, 0.15) is 30.9 Å². The molecule has 0 atom stereocenters. The van der Waals surface area contributed by atoms with Crippen LogP contribution in [-0.4, -0.2) is 68.8 Å². The minimum atomic E-state index is -4.94. The number of rotatable bonds is 14. The van der Waals surface area contributed by atoms with Gasteiger partial charge in [0.2, 0.25) is 0 Å². The van der Waals surface area contributed by atoms with E-state index >= 15 is 0 Å². The van der Waals surface area contributed by atoms with E-state index in [2.05, 4.69) is 9.80 Å². The minimum Gasteiger partial charge on any atom is -0.872 e. The molecule has 0 aliphatic heterocycles. The second-order valence-corrected chi connectivity index (χ2v) is 8.94. The number of nitrogens with zero attached hydrogens (tertiary/aromatic N) is 2. The molecular weight excluding hydrogens is 686 g/mol. The predicted molar refractivity (Wildman–Crippen MR) is 112 cm³/mol. The van der Waals surface area contributed by atoms with Crippen molar-refractivity contribution in [2.24, 2.45) is 22.9 Å². The topological polar surface area (TPSA) is 341 Å². The molecule has 0 radical (unpaired) electrons. The van der Waals surface area contributed by atoms with Crippen molar-refractivity contribution >= 4 is 0 Å². The van der Waals surface area contributed by atoms with Crippen molar-refractivity contribution < 1.29 is 107 Å². The third-order valence-corrected chi connectivity index (χ3v) is 4.25. The van der Waals surface area contributed by atoms with Gasteiger partial charge >= 0.3 is 39.0 Å². The Balaban J connectivity index is -0.000000198. The van der Waals surface area contributed by atoms with Crippen LogP contribution in [-0.2, 0) is 52.0 Å². The standard InChI is InChI=1S/C16H32N6O.C4H9O.2ClHO4.2Zn/c17-4-8-21(9-5-18)12-14-2-1-3-15(16(14)23)13-22(10-6-19)11-7-20;1-2-3-4-5;2*2-1(3,4)5;;/h1-3,23H,4-13,17-20H2;2-4H2,1H3;2*(H,2,3,4,5);;/q;-1;;;2*+2/p-3. The van der Waals surface area contributed by atoms with Gasteiger partial charge in [0, 0.05) is 65.4 Å². The summed E-state index contributed by atoms with van der Waals surface area (Å²) < 4.78 is 67.9. The van der Waals surface area contributed by atoms with Gasteiger partial charge in [-0.05, 0) is 11.1 Å². The second kappa shape index (κ2) is 30.7. The molecule has 0 saturated heterocycles. The third kappa shape index (κ3) is 40.4. The molecule has 0 spiro atoms. The first kappa shape index (κ1) is 49.9. The molecule has 1 aromatic carbocycles. The van der Waals surface area contributed by atoms with Crippen LogP contribution in [0.2, 0.25) is 0 Å². The van der Waals surface area contributed by atoms with Crippen molar-refractivity contribution in [1.29, 1.82) is 0 Å². The van der Waals surface area contributed by atoms with E-state index in [0.29, 0.717) is 39.3 Å². The average Bonchev–Trinajstić information content (AvgIpc) is 2.76. The van der Waals surface area contributed by atoms with Gasteiger partial charge in [-0.15, -0.1) is 27.1 Å². The Labute approximate surface area is 265 Å². The van der Waals surface area contributed by atoms with Crippen LogP contribution in [0.3, 0.4) is 0 Å². The molecular formula is C20H40Cl2N6O10Zn2. The summed E-state index contributed by atoms with van der Waals surface area (Å²) in [5, 5.41) is 22.2. The van der Waals surface area contributed by atoms with E-state index in [1.54, 1.807) is 0 Å². The molecule has 0 aliphatic carbocycles. The van der Waals surface area contributed by atoms with Crippen molar-refractivity contribution in [3.63, 3.8) is 0 Å². The third-order valence-electron chi connectivity index (χ3n) is 4.25. The van der Waals surface area contributed by atoms with Crippen molar-refractivity contribution in [1.82, 2.24) is 9.80 Å². The molecule has 20 heteroatoms. The summed E-state index contributed by atoms with van der Waals surface area (Å²) in [4.78, 5) is 4.22. The molecule has 0 saturated carbocycles. The number of hydrogen-bond donors (Lipinski definition) is 4. The molecule has 228 valence electrons. The molecule has 0 aromatic heterocycles. The average molecular weight is 726 g/mol. The van der Waals surface area contributed by atoms with E-state index in [-0.39, 0.29) is 51.3 Å². The largest absolute Gasteiger partial charge is 2.00 e. The van der Waals surface area contributed by atoms with Gasteiger partial charge in [0.05, 0.1) is 0 Å². The number of hydrogen-bond acceptors (Lipinski definition) is 16. The van der Waals surface area contributed by atoms with E-state index in [0.717, 1.165) is 50.1 Å². The Kier molecular flexibility index (Phi) is 38.3. The first-order valence-electron chi connectivity index (χ1n) is 11.4. The molecule has 0 aliphatic rings. The zero-order valence-electron chi connectivity index (χ0n) is 22.9. The number of benzene rings is 1. The molecule has 1 rings (SSSR count). The summed E-state index contributed by atoms with van der Waals surface area (Å²) in [5.74, 6) is 0.0885. The van der Waals surface area contributed by atoms with Gasteiger partial charge in [0.15, 0.2) is 0 Å². The van der Waals surface area contributed by atoms with E-state index in [1.165, 1.54) is 0 Å². The molecule has 0 fully saturated rings. The zero-order valence-corrected chi connectivity index (χ0v) is 30.3. The van der Waals surface area contributed by atoms with Gasteiger partial charge in [-0.3, -0.25) is 9.80 Å². The van der Waals surface area contributed by atoms with E-state index in [4.69, 9.17) is 60.2 Å². The molecule has 40 heavy (non-hydrogen) atoms. The summed E-state index contributed by atoms with van der Waals surface area (Å²) in [7, 11) is -9.89. The van der Waals surface area contributed by atoms with Gasteiger partial charge in [-0.1, -0.05) is 43.7 Å². The Morgan fingerprint density at radius 2 is 0.925 bits per heavy atom. The number of para-hydroxylation sites is 1. The summed E-state index contributed by atoms with van der Waals surface area (Å²) in [5.41, 5.74) is 24.1. The van der Waals surface area contributed by atoms with Crippen LogP contribution >= 0.6 is 0 Å². The number of nitrogens with two attached hydrogens (primary N) is 4. The maximum Gasteiger partial charge on any atom is 2.00 e. The molecule has 0 heterocycles. The van der Waals surface area contributed by atoms with Crippen LogP contribution < -0.4 is 70.4 Å². The fraction of sp³-hybridized carbons (Fsp3) is 0.700. The van der Waals surface area contributed by atoms with Gasteiger partial charge in [-0.2, -0.15) is 0 Å². The van der Waals surface area contributed by atoms with Gasteiger partial charge in [0.1, 0.15) is 0 Å². The molecule has 8 N–H and O–H groups in total. The summed E-state index contributed by atoms with van der Waals surface area (Å²) >= 11 is 0. The Bertz CT molecular complexity index is 609. The molecule has 0 unspecified atom stereocenters. The monoisotopic (exact) mass is 722 g/mol. The Hall–Kier alpha value is 0.247. The SMILES string of the molecule is CCCC[O-].NCCN(CCN)Cc1cccc(CN(CCN)CCN)c1[O-].[O-][Cl+3]([O-])([O-])[O-].[O-][Cl+3]([O-])([O-])[O-].[Zn+2].[Zn+2]. The van der Waals surface area contributed by atoms with Gasteiger partial charge in [-0.25, -0.2) is 37.3 Å². The van der Waals surface area contributed by atoms with Crippen molar-refractivity contribution in [2.45, 2.75) is 32.9 Å². The first-order valence-corrected chi connectivity index (χ1v) is 13.9. The first-order chi connectivity index (χ1) is 17.6. The van der Waals surface area contributed by atoms with E-state index in [9.17, 15) is 10.2 Å². The minimum absolute atomic E-state index is 0. The summed E-state index contributed by atoms with van der Waals surface area (Å²) in [6.07, 6.45) is 1.86. The summed E-state index contributed by atoms with van der Waals surface area (Å²) in [6.45, 7) is 8.38. The van der Waals surface area contributed by atoms with Crippen LogP contribution in [0.25, 0.3) is 0 Å². The van der Waals surface area contributed by atoms with Gasteiger partial charge < -0.3 is 33.1 Å². The summed E-state index contributed by atoms with van der Waals surface area (Å²) in [6, 6.07) is 5.68. The van der Waals surface area contributed by atoms with Gasteiger partial charge in [0.25, 0.3) is 0 Å². The van der Waals surface area contributed by atoms with E-state index in [1.807, 2.05) is 25.1 Å². The Morgan fingerprint density at radius 1 is 0.650 bits per heavy atom. The molecule has 0 amide bonds. The Morgan fingerprint density at radius 3 is 1.10 bits per heavy atom. The molecule has 16 nitrogen and oxygen atoms in total. The van der Waals surface area contributed by atoms with E-state index < -0.39 is 20.5 Å². The van der Waals surface area contributed by atoms with Crippen LogP contribution in [0.15, 0.2) is 18.2 Å². The van der Waals surface area contributed by atoms with Crippen LogP contribution in [0.4, 0.5) is 0 Å². The maximum absolute atomic E-state index is 12.7. The van der Waals surface area contributed by atoms with Crippen molar-refractivity contribution in [2.75, 3.05) is 59.0 Å². The maximum atomic E-state index is 12.7. The number of unbranched alkanes of at least 4 members (excludes halogenated alkanes) is 1. The fourth-order valence-corrected chi connectivity index (χ4v) is 2.78. The quantitative estimate of drug-likeness (QED) is 0.129. The van der Waals surface area contributed by atoms with Crippen molar-refractivity contribution in [3.8, 4) is 5.75 Å². The van der Waals surface area contributed by atoms with Crippen molar-refractivity contribution in [3.05, 3.63) is 29.3 Å². The normalized spacial score (nSPS) is 10.7. The fourth-order valence-electron chi connectivity index (χ4n) is 2.78. The van der Waals surface area contributed by atoms with Crippen LogP contribution in [0, 0.1) is 20.5 Å². The number of halogens is 2. The molecule has 1 aromatic rings. The molecule has 0 bridgehead atoms. The smallest absolute Gasteiger partial charge is 0.872 e. The zero-order chi connectivity index (χ0) is 30.2.